The molecule has 1 aromatic heterocycles. The quantitative estimate of drug-likeness (QED) is 0.409. The first kappa shape index (κ1) is 20.1. The van der Waals surface area contributed by atoms with Crippen LogP contribution in [0.3, 0.4) is 0 Å². The summed E-state index contributed by atoms with van der Waals surface area (Å²) >= 11 is 0. The van der Waals surface area contributed by atoms with E-state index in [0.717, 1.165) is 6.42 Å². The first-order valence-electron chi connectivity index (χ1n) is 9.37. The van der Waals surface area contributed by atoms with Crippen molar-refractivity contribution in [2.75, 3.05) is 13.2 Å². The summed E-state index contributed by atoms with van der Waals surface area (Å²) in [6.07, 6.45) is 0.911. The number of carbonyl (C=O) groups excluding carboxylic acids is 1. The van der Waals surface area contributed by atoms with Gasteiger partial charge in [0.2, 0.25) is 0 Å². The van der Waals surface area contributed by atoms with Gasteiger partial charge in [0.15, 0.2) is 5.69 Å². The van der Waals surface area contributed by atoms with Gasteiger partial charge >= 0.3 is 5.97 Å². The number of benzene rings is 2. The lowest BCUT2D eigenvalue weighted by Crippen LogP contribution is -2.27. The minimum absolute atomic E-state index is 0.0376. The van der Waals surface area contributed by atoms with Gasteiger partial charge in [0, 0.05) is 6.07 Å². The molecule has 2 aromatic carbocycles. The lowest BCUT2D eigenvalue weighted by molar-refractivity contribution is 0.0725. The monoisotopic (exact) mass is 394 g/mol. The Labute approximate surface area is 168 Å². The SMILES string of the molecule is CCCOc1ccc(OC(=O)c2ccc(=O)n(CCOc3ccccc3)n2)cc1. The molecule has 0 amide bonds. The fourth-order valence-corrected chi connectivity index (χ4v) is 2.47. The molecule has 29 heavy (non-hydrogen) atoms. The van der Waals surface area contributed by atoms with Crippen molar-refractivity contribution >= 4 is 5.97 Å². The number of rotatable bonds is 9. The average molecular weight is 394 g/mol. The third-order valence-electron chi connectivity index (χ3n) is 3.90. The van der Waals surface area contributed by atoms with E-state index < -0.39 is 5.97 Å². The maximum absolute atomic E-state index is 12.4. The molecular formula is C22H22N2O5. The third-order valence-corrected chi connectivity index (χ3v) is 3.90. The Hall–Kier alpha value is -3.61. The summed E-state index contributed by atoms with van der Waals surface area (Å²) in [7, 11) is 0. The van der Waals surface area contributed by atoms with Crippen molar-refractivity contribution in [3.05, 3.63) is 82.8 Å². The Bertz CT molecular complexity index is 984. The highest BCUT2D eigenvalue weighted by molar-refractivity contribution is 5.88. The van der Waals surface area contributed by atoms with Gasteiger partial charge in [-0.25, -0.2) is 9.48 Å². The van der Waals surface area contributed by atoms with Gasteiger partial charge in [-0.15, -0.1) is 0 Å². The van der Waals surface area contributed by atoms with E-state index in [9.17, 15) is 9.59 Å². The normalized spacial score (nSPS) is 10.4. The summed E-state index contributed by atoms with van der Waals surface area (Å²) in [6.45, 7) is 3.10. The minimum atomic E-state index is -0.648. The first-order chi connectivity index (χ1) is 14.2. The molecule has 0 unspecified atom stereocenters. The van der Waals surface area contributed by atoms with E-state index in [1.807, 2.05) is 37.3 Å². The zero-order valence-electron chi connectivity index (χ0n) is 16.1. The number of nitrogens with zero attached hydrogens (tertiary/aromatic N) is 2. The molecule has 3 aromatic rings. The molecule has 0 saturated heterocycles. The van der Waals surface area contributed by atoms with E-state index in [1.54, 1.807) is 24.3 Å². The van der Waals surface area contributed by atoms with E-state index in [4.69, 9.17) is 14.2 Å². The third kappa shape index (κ3) is 5.93. The first-order valence-corrected chi connectivity index (χ1v) is 9.37. The highest BCUT2D eigenvalue weighted by Crippen LogP contribution is 2.18. The molecule has 0 aliphatic heterocycles. The molecule has 0 aliphatic carbocycles. The molecule has 7 heteroatoms. The molecule has 0 aliphatic rings. The summed E-state index contributed by atoms with van der Waals surface area (Å²) < 4.78 is 17.6. The Morgan fingerprint density at radius 3 is 2.24 bits per heavy atom. The molecule has 7 nitrogen and oxygen atoms in total. The lowest BCUT2D eigenvalue weighted by atomic mass is 10.3. The molecule has 1 heterocycles. The van der Waals surface area contributed by atoms with E-state index >= 15 is 0 Å². The smallest absolute Gasteiger partial charge is 0.364 e. The predicted molar refractivity (Wildman–Crippen MR) is 108 cm³/mol. The van der Waals surface area contributed by atoms with E-state index in [-0.39, 0.29) is 24.4 Å². The van der Waals surface area contributed by atoms with E-state index in [0.29, 0.717) is 23.9 Å². The lowest BCUT2D eigenvalue weighted by Gasteiger charge is -2.09. The van der Waals surface area contributed by atoms with Crippen LogP contribution in [-0.2, 0) is 6.54 Å². The molecule has 0 radical (unpaired) electrons. The second kappa shape index (κ2) is 10.1. The molecule has 0 atom stereocenters. The predicted octanol–water partition coefficient (Wildman–Crippen LogP) is 3.33. The van der Waals surface area contributed by atoms with Gasteiger partial charge in [-0.3, -0.25) is 4.79 Å². The second-order valence-corrected chi connectivity index (χ2v) is 6.15. The maximum atomic E-state index is 12.4. The number of ether oxygens (including phenoxy) is 3. The van der Waals surface area contributed by atoms with Crippen LogP contribution >= 0.6 is 0 Å². The fraction of sp³-hybridized carbons (Fsp3) is 0.227. The van der Waals surface area contributed by atoms with Crippen molar-refractivity contribution in [2.45, 2.75) is 19.9 Å². The Morgan fingerprint density at radius 1 is 0.862 bits per heavy atom. The molecule has 3 rings (SSSR count). The highest BCUT2D eigenvalue weighted by atomic mass is 16.5. The summed E-state index contributed by atoms with van der Waals surface area (Å²) in [5.41, 5.74) is -0.286. The summed E-state index contributed by atoms with van der Waals surface area (Å²) in [4.78, 5) is 24.4. The molecular weight excluding hydrogens is 372 g/mol. The van der Waals surface area contributed by atoms with Crippen molar-refractivity contribution in [3.63, 3.8) is 0 Å². The van der Waals surface area contributed by atoms with Crippen LogP contribution in [0.2, 0.25) is 0 Å². The van der Waals surface area contributed by atoms with Crippen molar-refractivity contribution in [2.24, 2.45) is 0 Å². The molecule has 0 fully saturated rings. The van der Waals surface area contributed by atoms with Crippen molar-refractivity contribution in [1.29, 1.82) is 0 Å². The topological polar surface area (TPSA) is 79.7 Å². The van der Waals surface area contributed by atoms with E-state index in [2.05, 4.69) is 5.10 Å². The van der Waals surface area contributed by atoms with E-state index in [1.165, 1.54) is 16.8 Å². The minimum Gasteiger partial charge on any atom is -0.494 e. The van der Waals surface area contributed by atoms with Crippen LogP contribution in [0.15, 0.2) is 71.5 Å². The zero-order valence-corrected chi connectivity index (χ0v) is 16.1. The zero-order chi connectivity index (χ0) is 20.5. The molecule has 0 bridgehead atoms. The number of hydrogen-bond donors (Lipinski definition) is 0. The number of aromatic nitrogens is 2. The van der Waals surface area contributed by atoms with Gasteiger partial charge in [0.25, 0.3) is 5.56 Å². The van der Waals surface area contributed by atoms with Gasteiger partial charge < -0.3 is 14.2 Å². The van der Waals surface area contributed by atoms with Crippen LogP contribution in [0.25, 0.3) is 0 Å². The van der Waals surface area contributed by atoms with Crippen LogP contribution in [0, 0.1) is 0 Å². The summed E-state index contributed by atoms with van der Waals surface area (Å²) in [5.74, 6) is 1.12. The summed E-state index contributed by atoms with van der Waals surface area (Å²) in [6, 6.07) is 18.6. The Balaban J connectivity index is 1.60. The number of hydrogen-bond acceptors (Lipinski definition) is 6. The standard InChI is InChI=1S/C22H22N2O5/c1-2-15-27-18-8-10-19(11-9-18)29-22(26)20-12-13-21(25)24(23-20)14-16-28-17-6-4-3-5-7-17/h3-13H,2,14-16H2,1H3. The van der Waals surface area contributed by atoms with Crippen molar-refractivity contribution in [3.8, 4) is 17.2 Å². The van der Waals surface area contributed by atoms with Crippen molar-refractivity contribution in [1.82, 2.24) is 9.78 Å². The van der Waals surface area contributed by atoms with Gasteiger partial charge in [0.1, 0.15) is 23.9 Å². The van der Waals surface area contributed by atoms with Gasteiger partial charge in [-0.2, -0.15) is 5.10 Å². The summed E-state index contributed by atoms with van der Waals surface area (Å²) in [5, 5.41) is 4.08. The molecule has 0 N–H and O–H groups in total. The van der Waals surface area contributed by atoms with Crippen LogP contribution in [0.4, 0.5) is 0 Å². The second-order valence-electron chi connectivity index (χ2n) is 6.15. The maximum Gasteiger partial charge on any atom is 0.364 e. The molecule has 0 saturated carbocycles. The van der Waals surface area contributed by atoms with Gasteiger partial charge in [-0.1, -0.05) is 25.1 Å². The van der Waals surface area contributed by atoms with Crippen LogP contribution in [0.1, 0.15) is 23.8 Å². The number of esters is 1. The largest absolute Gasteiger partial charge is 0.494 e. The Morgan fingerprint density at radius 2 is 1.52 bits per heavy atom. The average Bonchev–Trinajstić information content (AvgIpc) is 2.75. The van der Waals surface area contributed by atoms with Crippen LogP contribution in [0.5, 0.6) is 17.2 Å². The van der Waals surface area contributed by atoms with Gasteiger partial charge in [0.05, 0.1) is 13.2 Å². The fourth-order valence-electron chi connectivity index (χ4n) is 2.47. The molecule has 0 spiro atoms. The van der Waals surface area contributed by atoms with Crippen molar-refractivity contribution < 1.29 is 19.0 Å². The van der Waals surface area contributed by atoms with Crippen LogP contribution in [-0.4, -0.2) is 29.0 Å². The highest BCUT2D eigenvalue weighted by Gasteiger charge is 2.13. The van der Waals surface area contributed by atoms with Gasteiger partial charge in [-0.05, 0) is 48.9 Å². The number of carbonyl (C=O) groups is 1. The van der Waals surface area contributed by atoms with Crippen LogP contribution < -0.4 is 19.8 Å². The number of para-hydroxylation sites is 1. The Kier molecular flexibility index (Phi) is 7.00. The molecule has 150 valence electrons.